The second-order valence-corrected chi connectivity index (χ2v) is 14.1. The quantitative estimate of drug-likeness (QED) is 0.143. The lowest BCUT2D eigenvalue weighted by Gasteiger charge is -2.30. The van der Waals surface area contributed by atoms with Gasteiger partial charge in [-0.2, -0.15) is 0 Å². The molecule has 40 heavy (non-hydrogen) atoms. The van der Waals surface area contributed by atoms with E-state index in [1.165, 1.54) is 17.3 Å². The molecule has 2 nitrogen and oxygen atoms in total. The number of hydrogen-bond acceptors (Lipinski definition) is 2. The van der Waals surface area contributed by atoms with Gasteiger partial charge in [0.25, 0.3) is 5.91 Å². The Kier molecular flexibility index (Phi) is 10.3. The minimum atomic E-state index is -2.65. The van der Waals surface area contributed by atoms with Crippen LogP contribution in [0.2, 0.25) is 0 Å². The molecule has 1 N–H and O–H groups in total. The van der Waals surface area contributed by atoms with Crippen LogP contribution < -0.4 is 21.2 Å². The fourth-order valence-electron chi connectivity index (χ4n) is 4.58. The molecule has 0 aliphatic heterocycles. The number of amides is 1. The number of hydrogen-bond donors (Lipinski definition) is 1. The Bertz CT molecular complexity index is 1470. The lowest BCUT2D eigenvalue weighted by molar-refractivity contribution is 0.0968. The minimum absolute atomic E-state index is 0. The highest BCUT2D eigenvalue weighted by Gasteiger charge is 2.52. The molecule has 0 radical (unpaired) electrons. The molecular formula is C34H29Cl2NOPS+. The number of thioether (sulfide) groups is 1. The van der Waals surface area contributed by atoms with Gasteiger partial charge in [-0.15, -0.1) is 12.4 Å². The van der Waals surface area contributed by atoms with Crippen molar-refractivity contribution in [1.29, 1.82) is 0 Å². The van der Waals surface area contributed by atoms with Gasteiger partial charge < -0.3 is 0 Å². The number of benzene rings is 5. The smallest absolute Gasteiger partial charge is 0.258 e. The summed E-state index contributed by atoms with van der Waals surface area (Å²) < 4.78 is 0.535. The first kappa shape index (κ1) is 29.6. The first-order valence-electron chi connectivity index (χ1n) is 12.7. The molecule has 0 saturated heterocycles. The summed E-state index contributed by atoms with van der Waals surface area (Å²) in [5.74, 6) is -0.194. The third-order valence-electron chi connectivity index (χ3n) is 6.45. The summed E-state index contributed by atoms with van der Waals surface area (Å²) in [5.41, 5.74) is 2.47. The van der Waals surface area contributed by atoms with Crippen molar-refractivity contribution in [3.8, 4) is 0 Å². The van der Waals surface area contributed by atoms with Crippen LogP contribution in [-0.4, -0.2) is 5.91 Å². The highest BCUT2D eigenvalue weighted by atomic mass is 35.5. The number of carbonyl (C=O) groups is 1. The predicted octanol–water partition coefficient (Wildman–Crippen LogP) is 8.30. The second kappa shape index (κ2) is 13.8. The van der Waals surface area contributed by atoms with E-state index >= 15 is 0 Å². The topological polar surface area (TPSA) is 29.1 Å². The maximum absolute atomic E-state index is 13.8. The number of halogens is 2. The van der Waals surface area contributed by atoms with Crippen LogP contribution in [0.3, 0.4) is 0 Å². The highest BCUT2D eigenvalue weighted by Crippen LogP contribution is 2.64. The van der Waals surface area contributed by atoms with Crippen molar-refractivity contribution >= 4 is 64.9 Å². The van der Waals surface area contributed by atoms with Crippen LogP contribution in [0.25, 0.3) is 0 Å². The molecule has 0 spiro atoms. The van der Waals surface area contributed by atoms with Gasteiger partial charge in [0.1, 0.15) is 20.3 Å². The average molecular weight is 602 g/mol. The number of nitrogens with one attached hydrogen (secondary N) is 1. The second-order valence-electron chi connectivity index (χ2n) is 9.04. The Labute approximate surface area is 252 Å². The molecule has 0 atom stereocenters. The first-order valence-corrected chi connectivity index (χ1v) is 15.6. The van der Waals surface area contributed by atoms with E-state index in [1.54, 1.807) is 0 Å². The number of aryl methyl sites for hydroxylation is 1. The van der Waals surface area contributed by atoms with Crippen molar-refractivity contribution in [3.05, 3.63) is 167 Å². The molecule has 0 aromatic heterocycles. The van der Waals surface area contributed by atoms with Gasteiger partial charge in [-0.3, -0.25) is 10.1 Å². The number of carbonyl (C=O) groups excluding carboxylic acids is 1. The highest BCUT2D eigenvalue weighted by molar-refractivity contribution is 8.06. The Hall–Kier alpha value is -3.33. The summed E-state index contributed by atoms with van der Waals surface area (Å²) in [6, 6.07) is 48.8. The molecule has 1 amide bonds. The molecular weight excluding hydrogens is 572 g/mol. The van der Waals surface area contributed by atoms with Crippen LogP contribution in [0.4, 0.5) is 0 Å². The fourth-order valence-corrected chi connectivity index (χ4v) is 10.5. The van der Waals surface area contributed by atoms with Gasteiger partial charge in [-0.25, -0.2) is 0 Å². The van der Waals surface area contributed by atoms with E-state index in [4.69, 9.17) is 11.6 Å². The summed E-state index contributed by atoms with van der Waals surface area (Å²) in [5, 5.41) is 6.65. The Morgan fingerprint density at radius 3 is 1.45 bits per heavy atom. The first-order chi connectivity index (χ1) is 19.1. The normalized spacial score (nSPS) is 11.7. The van der Waals surface area contributed by atoms with Crippen LogP contribution in [0.1, 0.15) is 15.9 Å². The van der Waals surface area contributed by atoms with Gasteiger partial charge in [0, 0.05) is 10.5 Å². The summed E-state index contributed by atoms with van der Waals surface area (Å²) in [6.07, 6.45) is 0. The Balaban J connectivity index is 0.00000370. The van der Waals surface area contributed by atoms with E-state index < -0.39 is 7.26 Å². The average Bonchev–Trinajstić information content (AvgIpc) is 3.00. The molecule has 0 heterocycles. The molecule has 200 valence electrons. The van der Waals surface area contributed by atoms with Crippen LogP contribution >= 0.6 is 43.0 Å². The lowest BCUT2D eigenvalue weighted by atomic mass is 10.2. The third kappa shape index (κ3) is 6.35. The summed E-state index contributed by atoms with van der Waals surface area (Å²) in [6.45, 7) is 2.06. The Morgan fingerprint density at radius 1 is 0.625 bits per heavy atom. The molecule has 6 heteroatoms. The van der Waals surface area contributed by atoms with Crippen molar-refractivity contribution < 1.29 is 4.79 Å². The van der Waals surface area contributed by atoms with Crippen molar-refractivity contribution in [2.24, 2.45) is 0 Å². The van der Waals surface area contributed by atoms with Crippen molar-refractivity contribution in [2.45, 2.75) is 11.8 Å². The molecule has 0 aliphatic carbocycles. The van der Waals surface area contributed by atoms with Crippen LogP contribution in [-0.2, 0) is 0 Å². The molecule has 0 unspecified atom stereocenters. The van der Waals surface area contributed by atoms with E-state index in [1.807, 2.05) is 84.9 Å². The SMILES string of the molecule is Cc1ccc(S/C(Cl)=C(\NC(=O)c2ccccc2)[P+](c2ccccc2)(c2ccccc2)c2ccccc2)cc1.Cl. The van der Waals surface area contributed by atoms with Gasteiger partial charge in [0.15, 0.2) is 7.26 Å². The largest absolute Gasteiger partial charge is 0.290 e. The van der Waals surface area contributed by atoms with Gasteiger partial charge >= 0.3 is 0 Å². The Morgan fingerprint density at radius 2 is 1.02 bits per heavy atom. The van der Waals surface area contributed by atoms with Crippen molar-refractivity contribution in [3.63, 3.8) is 0 Å². The summed E-state index contributed by atoms with van der Waals surface area (Å²) >= 11 is 8.81. The van der Waals surface area contributed by atoms with Crippen molar-refractivity contribution in [1.82, 2.24) is 5.32 Å². The van der Waals surface area contributed by atoms with Crippen molar-refractivity contribution in [2.75, 3.05) is 0 Å². The van der Waals surface area contributed by atoms with E-state index in [9.17, 15) is 4.79 Å². The fraction of sp³-hybridized carbons (Fsp3) is 0.0294. The van der Waals surface area contributed by atoms with Gasteiger partial charge in [0.2, 0.25) is 5.44 Å². The van der Waals surface area contributed by atoms with Crippen LogP contribution in [0.15, 0.2) is 160 Å². The molecule has 0 aliphatic rings. The molecule has 0 fully saturated rings. The molecule has 5 aromatic carbocycles. The van der Waals surface area contributed by atoms with E-state index in [0.717, 1.165) is 20.8 Å². The zero-order valence-corrected chi connectivity index (χ0v) is 25.2. The zero-order chi connectivity index (χ0) is 27.1. The van der Waals surface area contributed by atoms with Crippen LogP contribution in [0, 0.1) is 6.92 Å². The monoisotopic (exact) mass is 600 g/mol. The van der Waals surface area contributed by atoms with Gasteiger partial charge in [-0.1, -0.05) is 114 Å². The van der Waals surface area contributed by atoms with E-state index in [-0.39, 0.29) is 18.3 Å². The van der Waals surface area contributed by atoms with E-state index in [0.29, 0.717) is 15.4 Å². The summed E-state index contributed by atoms with van der Waals surface area (Å²) in [4.78, 5) is 14.8. The predicted molar refractivity (Wildman–Crippen MR) is 176 cm³/mol. The van der Waals surface area contributed by atoms with Gasteiger partial charge in [0.05, 0.1) is 0 Å². The molecule has 5 rings (SSSR count). The molecule has 5 aromatic rings. The maximum atomic E-state index is 13.8. The lowest BCUT2D eigenvalue weighted by Crippen LogP contribution is -2.38. The maximum Gasteiger partial charge on any atom is 0.258 e. The molecule has 0 bridgehead atoms. The standard InChI is InChI=1S/C34H27ClNOPS.ClH/c1-26-22-24-31(25-23-26)39-32(35)34(36-33(37)27-14-6-2-7-15-27)38(28-16-8-3-9-17-28,29-18-10-4-11-19-29)30-20-12-5-13-21-30;/h2-25H,1H3;1H/p+1/b34-32+;. The van der Waals surface area contributed by atoms with Gasteiger partial charge in [-0.05, 0) is 67.6 Å². The minimum Gasteiger partial charge on any atom is -0.290 e. The van der Waals surface area contributed by atoms with E-state index in [2.05, 4.69) is 72.9 Å². The zero-order valence-electron chi connectivity index (χ0n) is 21.9. The van der Waals surface area contributed by atoms with Crippen LogP contribution in [0.5, 0.6) is 0 Å². The molecule has 0 saturated carbocycles. The third-order valence-corrected chi connectivity index (χ3v) is 12.3. The number of rotatable bonds is 8. The summed E-state index contributed by atoms with van der Waals surface area (Å²) in [7, 11) is -2.65.